The predicted octanol–water partition coefficient (Wildman–Crippen LogP) is 2.09. The summed E-state index contributed by atoms with van der Waals surface area (Å²) in [5.74, 6) is -0.727. The minimum absolute atomic E-state index is 0.224. The molecule has 0 saturated carbocycles. The van der Waals surface area contributed by atoms with Crippen LogP contribution >= 0.6 is 15.9 Å². The molecule has 1 unspecified atom stereocenters. The van der Waals surface area contributed by atoms with Crippen LogP contribution in [0.2, 0.25) is 0 Å². The third-order valence-corrected chi connectivity index (χ3v) is 3.83. The van der Waals surface area contributed by atoms with Crippen molar-refractivity contribution in [3.8, 4) is 0 Å². The van der Waals surface area contributed by atoms with Gasteiger partial charge in [0.25, 0.3) is 0 Å². The first kappa shape index (κ1) is 13.4. The molecule has 4 nitrogen and oxygen atoms in total. The highest BCUT2D eigenvalue weighted by molar-refractivity contribution is 9.10. The number of nitrogens with zero attached hydrogens (tertiary/aromatic N) is 1. The van der Waals surface area contributed by atoms with Crippen molar-refractivity contribution >= 4 is 27.6 Å². The number of rotatable bonds is 4. The second kappa shape index (κ2) is 6.20. The molecule has 0 aromatic heterocycles. The first-order valence-electron chi connectivity index (χ1n) is 6.11. The third-order valence-electron chi connectivity index (χ3n) is 3.16. The Kier molecular flexibility index (Phi) is 4.60. The van der Waals surface area contributed by atoms with Gasteiger partial charge in [0, 0.05) is 36.6 Å². The molecule has 1 aromatic rings. The molecule has 0 aliphatic carbocycles. The molecule has 5 heteroatoms. The van der Waals surface area contributed by atoms with E-state index in [1.165, 1.54) is 5.69 Å². The fourth-order valence-electron chi connectivity index (χ4n) is 2.24. The number of piperazine rings is 1. The number of hydrogen-bond donors (Lipinski definition) is 2. The summed E-state index contributed by atoms with van der Waals surface area (Å²) in [7, 11) is 0. The lowest BCUT2D eigenvalue weighted by molar-refractivity contribution is -0.137. The minimum Gasteiger partial charge on any atom is -0.481 e. The summed E-state index contributed by atoms with van der Waals surface area (Å²) < 4.78 is 1.09. The van der Waals surface area contributed by atoms with E-state index in [1.54, 1.807) is 0 Å². The number of anilines is 1. The van der Waals surface area contributed by atoms with Gasteiger partial charge in [0.2, 0.25) is 0 Å². The molecule has 1 aliphatic heterocycles. The van der Waals surface area contributed by atoms with Gasteiger partial charge in [-0.1, -0.05) is 12.1 Å². The molecule has 2 rings (SSSR count). The molecule has 18 heavy (non-hydrogen) atoms. The van der Waals surface area contributed by atoms with E-state index in [1.807, 2.05) is 18.2 Å². The Morgan fingerprint density at radius 1 is 1.50 bits per heavy atom. The maximum atomic E-state index is 10.6. The van der Waals surface area contributed by atoms with Gasteiger partial charge in [0.1, 0.15) is 0 Å². The molecular formula is C13H17BrN2O2. The predicted molar refractivity (Wildman–Crippen MR) is 75.0 cm³/mol. The number of aliphatic carboxylic acids is 1. The van der Waals surface area contributed by atoms with Gasteiger partial charge in [-0.2, -0.15) is 0 Å². The normalized spacial score (nSPS) is 19.8. The van der Waals surface area contributed by atoms with Gasteiger partial charge in [-0.15, -0.1) is 0 Å². The van der Waals surface area contributed by atoms with Crippen molar-refractivity contribution in [2.24, 2.45) is 0 Å². The summed E-state index contributed by atoms with van der Waals surface area (Å²) in [4.78, 5) is 12.9. The number of carbonyl (C=O) groups is 1. The van der Waals surface area contributed by atoms with Crippen molar-refractivity contribution in [3.05, 3.63) is 28.7 Å². The fourth-order valence-corrected chi connectivity index (χ4v) is 2.78. The molecule has 0 spiro atoms. The van der Waals surface area contributed by atoms with E-state index < -0.39 is 5.97 Å². The molecule has 1 heterocycles. The number of carboxylic acids is 1. The molecule has 98 valence electrons. The Morgan fingerprint density at radius 2 is 2.28 bits per heavy atom. The van der Waals surface area contributed by atoms with Gasteiger partial charge in [0.05, 0.1) is 5.69 Å². The van der Waals surface area contributed by atoms with Crippen LogP contribution in [0.1, 0.15) is 12.8 Å². The van der Waals surface area contributed by atoms with Crippen LogP contribution in [0.4, 0.5) is 5.69 Å². The SMILES string of the molecule is O=C(O)CCC1CN(c2ccccc2Br)CCN1. The van der Waals surface area contributed by atoms with E-state index in [2.05, 4.69) is 32.2 Å². The number of para-hydroxylation sites is 1. The van der Waals surface area contributed by atoms with E-state index in [4.69, 9.17) is 5.11 Å². The highest BCUT2D eigenvalue weighted by Crippen LogP contribution is 2.26. The average Bonchev–Trinajstić information content (AvgIpc) is 2.37. The molecule has 1 aliphatic rings. The number of halogens is 1. The smallest absolute Gasteiger partial charge is 0.303 e. The first-order valence-corrected chi connectivity index (χ1v) is 6.91. The minimum atomic E-state index is -0.727. The molecule has 1 atom stereocenters. The Morgan fingerprint density at radius 3 is 3.00 bits per heavy atom. The lowest BCUT2D eigenvalue weighted by Gasteiger charge is -2.35. The van der Waals surface area contributed by atoms with Crippen molar-refractivity contribution in [2.45, 2.75) is 18.9 Å². The summed E-state index contributed by atoms with van der Waals surface area (Å²) in [5, 5.41) is 12.1. The van der Waals surface area contributed by atoms with E-state index in [9.17, 15) is 4.79 Å². The summed E-state index contributed by atoms with van der Waals surface area (Å²) in [6, 6.07) is 8.39. The van der Waals surface area contributed by atoms with Crippen molar-refractivity contribution in [1.82, 2.24) is 5.32 Å². The Hall–Kier alpha value is -1.07. The maximum Gasteiger partial charge on any atom is 0.303 e. The molecule has 0 bridgehead atoms. The van der Waals surface area contributed by atoms with Crippen LogP contribution in [-0.4, -0.2) is 36.8 Å². The zero-order chi connectivity index (χ0) is 13.0. The second-order valence-corrected chi connectivity index (χ2v) is 5.34. The first-order chi connectivity index (χ1) is 8.66. The quantitative estimate of drug-likeness (QED) is 0.894. The van der Waals surface area contributed by atoms with Crippen LogP contribution in [0, 0.1) is 0 Å². The van der Waals surface area contributed by atoms with Crippen molar-refractivity contribution in [3.63, 3.8) is 0 Å². The molecule has 1 fully saturated rings. The standard InChI is InChI=1S/C13H17BrN2O2/c14-11-3-1-2-4-12(11)16-8-7-15-10(9-16)5-6-13(17)18/h1-4,10,15H,5-9H2,(H,17,18). The summed E-state index contributed by atoms with van der Waals surface area (Å²) in [5.41, 5.74) is 1.18. The molecule has 0 amide bonds. The van der Waals surface area contributed by atoms with Gasteiger partial charge in [0.15, 0.2) is 0 Å². The Balaban J connectivity index is 1.98. The number of benzene rings is 1. The highest BCUT2D eigenvalue weighted by Gasteiger charge is 2.21. The molecule has 1 aromatic carbocycles. The average molecular weight is 313 g/mol. The van der Waals surface area contributed by atoms with E-state index in [-0.39, 0.29) is 12.5 Å². The van der Waals surface area contributed by atoms with Crippen molar-refractivity contribution in [1.29, 1.82) is 0 Å². The van der Waals surface area contributed by atoms with Crippen LogP contribution in [-0.2, 0) is 4.79 Å². The van der Waals surface area contributed by atoms with Crippen LogP contribution in [0.25, 0.3) is 0 Å². The third kappa shape index (κ3) is 3.46. The van der Waals surface area contributed by atoms with Gasteiger partial charge in [-0.25, -0.2) is 0 Å². The van der Waals surface area contributed by atoms with Crippen molar-refractivity contribution < 1.29 is 9.90 Å². The lowest BCUT2D eigenvalue weighted by Crippen LogP contribution is -2.51. The summed E-state index contributed by atoms with van der Waals surface area (Å²) in [6.07, 6.45) is 0.901. The topological polar surface area (TPSA) is 52.6 Å². The Labute approximate surface area is 115 Å². The van der Waals surface area contributed by atoms with Gasteiger partial charge in [-0.05, 0) is 34.5 Å². The van der Waals surface area contributed by atoms with Crippen LogP contribution in [0.3, 0.4) is 0 Å². The highest BCUT2D eigenvalue weighted by atomic mass is 79.9. The number of nitrogens with one attached hydrogen (secondary N) is 1. The maximum absolute atomic E-state index is 10.6. The zero-order valence-corrected chi connectivity index (χ0v) is 11.7. The molecule has 1 saturated heterocycles. The van der Waals surface area contributed by atoms with Crippen LogP contribution < -0.4 is 10.2 Å². The summed E-state index contributed by atoms with van der Waals surface area (Å²) >= 11 is 3.56. The Bertz CT molecular complexity index is 425. The van der Waals surface area contributed by atoms with Crippen LogP contribution in [0.5, 0.6) is 0 Å². The van der Waals surface area contributed by atoms with Gasteiger partial charge >= 0.3 is 5.97 Å². The zero-order valence-electron chi connectivity index (χ0n) is 10.1. The van der Waals surface area contributed by atoms with E-state index in [0.29, 0.717) is 6.42 Å². The largest absolute Gasteiger partial charge is 0.481 e. The van der Waals surface area contributed by atoms with Gasteiger partial charge in [-0.3, -0.25) is 4.79 Å². The molecular weight excluding hydrogens is 296 g/mol. The van der Waals surface area contributed by atoms with Gasteiger partial charge < -0.3 is 15.3 Å². The molecule has 0 radical (unpaired) electrons. The number of hydrogen-bond acceptors (Lipinski definition) is 3. The van der Waals surface area contributed by atoms with E-state index >= 15 is 0 Å². The summed E-state index contributed by atoms with van der Waals surface area (Å²) in [6.45, 7) is 2.70. The van der Waals surface area contributed by atoms with Crippen molar-refractivity contribution in [2.75, 3.05) is 24.5 Å². The van der Waals surface area contributed by atoms with E-state index in [0.717, 1.165) is 24.1 Å². The fraction of sp³-hybridized carbons (Fsp3) is 0.462. The van der Waals surface area contributed by atoms with Crippen LogP contribution in [0.15, 0.2) is 28.7 Å². The lowest BCUT2D eigenvalue weighted by atomic mass is 10.1. The molecule has 2 N–H and O–H groups in total. The monoisotopic (exact) mass is 312 g/mol. The second-order valence-electron chi connectivity index (χ2n) is 4.48. The number of carboxylic acid groups (broad SMARTS) is 1.